The lowest BCUT2D eigenvalue weighted by molar-refractivity contribution is -0.136. The SMILES string of the molecule is COc1ccc(NC(=O)C(=O)N/N=C/c2ccc(Cl)cc2Cl)c(OC)c1. The molecule has 0 unspecified atom stereocenters. The van der Waals surface area contributed by atoms with Crippen molar-refractivity contribution in [3.63, 3.8) is 0 Å². The van der Waals surface area contributed by atoms with Gasteiger partial charge in [0.15, 0.2) is 0 Å². The van der Waals surface area contributed by atoms with E-state index in [1.165, 1.54) is 26.5 Å². The van der Waals surface area contributed by atoms with Crippen molar-refractivity contribution in [2.24, 2.45) is 5.10 Å². The minimum Gasteiger partial charge on any atom is -0.497 e. The molecule has 2 amide bonds. The van der Waals surface area contributed by atoms with Crippen molar-refractivity contribution in [3.8, 4) is 11.5 Å². The van der Waals surface area contributed by atoms with Crippen molar-refractivity contribution in [2.75, 3.05) is 19.5 Å². The number of amides is 2. The Bertz CT molecular complexity index is 856. The van der Waals surface area contributed by atoms with Crippen LogP contribution in [-0.2, 0) is 9.59 Å². The quantitative estimate of drug-likeness (QED) is 0.462. The topological polar surface area (TPSA) is 89.0 Å². The van der Waals surface area contributed by atoms with Crippen LogP contribution in [-0.4, -0.2) is 32.2 Å². The Morgan fingerprint density at radius 3 is 2.46 bits per heavy atom. The predicted octanol–water partition coefficient (Wildman–Crippen LogP) is 3.10. The van der Waals surface area contributed by atoms with Gasteiger partial charge in [-0.15, -0.1) is 0 Å². The molecule has 0 heterocycles. The molecule has 2 aromatic carbocycles. The van der Waals surface area contributed by atoms with Gasteiger partial charge in [0.2, 0.25) is 0 Å². The van der Waals surface area contributed by atoms with E-state index in [-0.39, 0.29) is 0 Å². The molecule has 136 valence electrons. The molecule has 0 saturated carbocycles. The molecule has 2 N–H and O–H groups in total. The van der Waals surface area contributed by atoms with Crippen LogP contribution in [0.4, 0.5) is 5.69 Å². The molecular formula is C17H15Cl2N3O4. The summed E-state index contributed by atoms with van der Waals surface area (Å²) < 4.78 is 10.2. The van der Waals surface area contributed by atoms with Crippen molar-refractivity contribution in [2.45, 2.75) is 0 Å². The molecule has 0 aliphatic rings. The third-order valence-electron chi connectivity index (χ3n) is 3.20. The third-order valence-corrected chi connectivity index (χ3v) is 3.76. The van der Waals surface area contributed by atoms with Gasteiger partial charge in [-0.25, -0.2) is 5.43 Å². The Balaban J connectivity index is 1.99. The van der Waals surface area contributed by atoms with Gasteiger partial charge in [0.25, 0.3) is 0 Å². The van der Waals surface area contributed by atoms with Gasteiger partial charge < -0.3 is 14.8 Å². The fourth-order valence-corrected chi connectivity index (χ4v) is 2.36. The number of ether oxygens (including phenoxy) is 2. The van der Waals surface area contributed by atoms with Gasteiger partial charge >= 0.3 is 11.8 Å². The maximum Gasteiger partial charge on any atom is 0.329 e. The number of rotatable bonds is 5. The minimum atomic E-state index is -0.954. The van der Waals surface area contributed by atoms with Crippen LogP contribution in [0.25, 0.3) is 0 Å². The number of nitrogens with one attached hydrogen (secondary N) is 2. The van der Waals surface area contributed by atoms with Crippen molar-refractivity contribution < 1.29 is 19.1 Å². The minimum absolute atomic E-state index is 0.318. The fraction of sp³-hybridized carbons (Fsp3) is 0.118. The summed E-state index contributed by atoms with van der Waals surface area (Å²) in [5.74, 6) is -0.965. The Kier molecular flexibility index (Phi) is 6.82. The first-order valence-corrected chi connectivity index (χ1v) is 8.01. The second-order valence-corrected chi connectivity index (χ2v) is 5.73. The zero-order valence-corrected chi connectivity index (χ0v) is 15.4. The number of anilines is 1. The number of benzene rings is 2. The first-order chi connectivity index (χ1) is 12.4. The molecule has 0 radical (unpaired) electrons. The Morgan fingerprint density at radius 2 is 1.81 bits per heavy atom. The van der Waals surface area contributed by atoms with E-state index in [0.29, 0.717) is 32.8 Å². The van der Waals surface area contributed by atoms with Gasteiger partial charge in [-0.05, 0) is 24.3 Å². The van der Waals surface area contributed by atoms with Crippen LogP contribution in [0.3, 0.4) is 0 Å². The van der Waals surface area contributed by atoms with Gasteiger partial charge in [-0.3, -0.25) is 9.59 Å². The highest BCUT2D eigenvalue weighted by molar-refractivity contribution is 6.40. The van der Waals surface area contributed by atoms with Gasteiger partial charge in [0.05, 0.1) is 31.1 Å². The molecule has 7 nitrogen and oxygen atoms in total. The lowest BCUT2D eigenvalue weighted by Gasteiger charge is -2.10. The number of nitrogens with zero attached hydrogens (tertiary/aromatic N) is 1. The molecule has 9 heteroatoms. The number of carbonyl (C=O) groups is 2. The molecule has 0 spiro atoms. The second kappa shape index (κ2) is 9.07. The number of carbonyl (C=O) groups excluding carboxylic acids is 2. The van der Waals surface area contributed by atoms with Crippen molar-refractivity contribution in [1.82, 2.24) is 5.43 Å². The van der Waals surface area contributed by atoms with Gasteiger partial charge in [-0.2, -0.15) is 5.10 Å². The van der Waals surface area contributed by atoms with Crippen molar-refractivity contribution in [1.29, 1.82) is 0 Å². The smallest absolute Gasteiger partial charge is 0.329 e. The first kappa shape index (κ1) is 19.6. The van der Waals surface area contributed by atoms with Crippen LogP contribution >= 0.6 is 23.2 Å². The summed E-state index contributed by atoms with van der Waals surface area (Å²) in [6.07, 6.45) is 1.30. The predicted molar refractivity (Wildman–Crippen MR) is 100 cm³/mol. The number of hydrazone groups is 1. The van der Waals surface area contributed by atoms with Crippen LogP contribution in [0.5, 0.6) is 11.5 Å². The third kappa shape index (κ3) is 5.11. The highest BCUT2D eigenvalue weighted by Crippen LogP contribution is 2.28. The van der Waals surface area contributed by atoms with E-state index in [9.17, 15) is 9.59 Å². The summed E-state index contributed by atoms with van der Waals surface area (Å²) in [6.45, 7) is 0. The highest BCUT2D eigenvalue weighted by Gasteiger charge is 2.15. The van der Waals surface area contributed by atoms with Crippen LogP contribution in [0.15, 0.2) is 41.5 Å². The number of hydrogen-bond donors (Lipinski definition) is 2. The highest BCUT2D eigenvalue weighted by atomic mass is 35.5. The van der Waals surface area contributed by atoms with Crippen molar-refractivity contribution >= 4 is 46.9 Å². The molecular weight excluding hydrogens is 381 g/mol. The van der Waals surface area contributed by atoms with Crippen LogP contribution < -0.4 is 20.2 Å². The van der Waals surface area contributed by atoms with E-state index in [4.69, 9.17) is 32.7 Å². The van der Waals surface area contributed by atoms with Crippen LogP contribution in [0.2, 0.25) is 10.0 Å². The molecule has 0 aliphatic carbocycles. The van der Waals surface area contributed by atoms with Crippen molar-refractivity contribution in [3.05, 3.63) is 52.0 Å². The first-order valence-electron chi connectivity index (χ1n) is 7.26. The number of halogens is 2. The summed E-state index contributed by atoms with van der Waals surface area (Å²) >= 11 is 11.8. The summed E-state index contributed by atoms with van der Waals surface area (Å²) in [6, 6.07) is 9.54. The lowest BCUT2D eigenvalue weighted by Crippen LogP contribution is -2.32. The summed E-state index contributed by atoms with van der Waals surface area (Å²) in [5, 5.41) is 6.97. The summed E-state index contributed by atoms with van der Waals surface area (Å²) in [7, 11) is 2.94. The molecule has 2 rings (SSSR count). The molecule has 26 heavy (non-hydrogen) atoms. The van der Waals surface area contributed by atoms with E-state index in [1.54, 1.807) is 30.3 Å². The molecule has 0 atom stereocenters. The second-order valence-electron chi connectivity index (χ2n) is 4.89. The zero-order chi connectivity index (χ0) is 19.1. The van der Waals surface area contributed by atoms with Crippen LogP contribution in [0.1, 0.15) is 5.56 Å². The molecule has 0 saturated heterocycles. The average Bonchev–Trinajstić information content (AvgIpc) is 2.63. The standard InChI is InChI=1S/C17H15Cl2N3O4/c1-25-12-5-6-14(15(8-12)26-2)21-16(23)17(24)22-20-9-10-3-4-11(18)7-13(10)19/h3-9H,1-2H3,(H,21,23)(H,22,24)/b20-9+. The number of methoxy groups -OCH3 is 2. The number of hydrogen-bond acceptors (Lipinski definition) is 5. The zero-order valence-electron chi connectivity index (χ0n) is 13.9. The van der Waals surface area contributed by atoms with Gasteiger partial charge in [-0.1, -0.05) is 29.3 Å². The van der Waals surface area contributed by atoms with E-state index in [2.05, 4.69) is 15.8 Å². The van der Waals surface area contributed by atoms with E-state index < -0.39 is 11.8 Å². The molecule has 0 fully saturated rings. The molecule has 0 aromatic heterocycles. The Hall–Kier alpha value is -2.77. The normalized spacial score (nSPS) is 10.5. The van der Waals surface area contributed by atoms with E-state index in [1.807, 2.05) is 0 Å². The maximum atomic E-state index is 12.0. The average molecular weight is 396 g/mol. The van der Waals surface area contributed by atoms with Gasteiger partial charge in [0.1, 0.15) is 11.5 Å². The van der Waals surface area contributed by atoms with Gasteiger partial charge in [0, 0.05) is 16.7 Å². The summed E-state index contributed by atoms with van der Waals surface area (Å²) in [4.78, 5) is 23.8. The fourth-order valence-electron chi connectivity index (χ4n) is 1.90. The molecule has 2 aromatic rings. The molecule has 0 aliphatic heterocycles. The Morgan fingerprint density at radius 1 is 1.04 bits per heavy atom. The lowest BCUT2D eigenvalue weighted by atomic mass is 10.2. The molecule has 0 bridgehead atoms. The largest absolute Gasteiger partial charge is 0.497 e. The van der Waals surface area contributed by atoms with E-state index >= 15 is 0 Å². The van der Waals surface area contributed by atoms with Crippen LogP contribution in [0, 0.1) is 0 Å². The maximum absolute atomic E-state index is 12.0. The monoisotopic (exact) mass is 395 g/mol. The Labute approximate surface area is 159 Å². The summed E-state index contributed by atoms with van der Waals surface area (Å²) in [5.41, 5.74) is 2.97. The van der Waals surface area contributed by atoms with E-state index in [0.717, 1.165) is 0 Å².